The summed E-state index contributed by atoms with van der Waals surface area (Å²) in [5, 5.41) is 0. The Labute approximate surface area is 103 Å². The molecule has 0 saturated carbocycles. The van der Waals surface area contributed by atoms with E-state index in [2.05, 4.69) is 28.7 Å². The van der Waals surface area contributed by atoms with Gasteiger partial charge in [-0.2, -0.15) is 0 Å². The lowest BCUT2D eigenvalue weighted by Crippen LogP contribution is -2.25. The first-order chi connectivity index (χ1) is 7.58. The lowest BCUT2D eigenvalue weighted by Gasteiger charge is -2.21. The Balaban J connectivity index is 2.76. The van der Waals surface area contributed by atoms with Gasteiger partial charge < -0.3 is 4.90 Å². The van der Waals surface area contributed by atoms with Gasteiger partial charge in [0.15, 0.2) is 0 Å². The van der Waals surface area contributed by atoms with Gasteiger partial charge in [-0.05, 0) is 12.8 Å². The quantitative estimate of drug-likeness (QED) is 0.743. The highest BCUT2D eigenvalue weighted by molar-refractivity contribution is 6.17. The Hall–Kier alpha value is -0.830. The fraction of sp³-hybridized carbons (Fsp3) is 0.667. The van der Waals surface area contributed by atoms with Crippen LogP contribution in [0.4, 0.5) is 5.95 Å². The van der Waals surface area contributed by atoms with Crippen LogP contribution in [0.15, 0.2) is 6.20 Å². The summed E-state index contributed by atoms with van der Waals surface area (Å²) >= 11 is 5.78. The number of aromatic nitrogens is 2. The largest absolute Gasteiger partial charge is 0.344 e. The molecule has 1 unspecified atom stereocenters. The van der Waals surface area contributed by atoms with Gasteiger partial charge in [-0.1, -0.05) is 20.3 Å². The molecule has 16 heavy (non-hydrogen) atoms. The second-order valence-electron chi connectivity index (χ2n) is 4.31. The second kappa shape index (κ2) is 6.04. The number of rotatable bonds is 5. The molecule has 1 aromatic heterocycles. The highest BCUT2D eigenvalue weighted by atomic mass is 35.5. The van der Waals surface area contributed by atoms with Crippen molar-refractivity contribution < 1.29 is 0 Å². The smallest absolute Gasteiger partial charge is 0.225 e. The first-order valence-corrected chi connectivity index (χ1v) is 6.21. The number of halogens is 1. The van der Waals surface area contributed by atoms with Crippen molar-refractivity contribution in [1.29, 1.82) is 0 Å². The van der Waals surface area contributed by atoms with Crippen LogP contribution in [0.5, 0.6) is 0 Å². The number of anilines is 1. The SMILES string of the molecule is CCC(C)CN(C)c1ncc(CCl)c(C)n1. The van der Waals surface area contributed by atoms with Crippen LogP contribution in [0.1, 0.15) is 31.5 Å². The van der Waals surface area contributed by atoms with E-state index in [0.29, 0.717) is 11.8 Å². The van der Waals surface area contributed by atoms with Crippen molar-refractivity contribution in [2.24, 2.45) is 5.92 Å². The van der Waals surface area contributed by atoms with Crippen LogP contribution in [0.3, 0.4) is 0 Å². The zero-order valence-electron chi connectivity index (χ0n) is 10.5. The van der Waals surface area contributed by atoms with E-state index in [1.807, 2.05) is 20.2 Å². The molecule has 0 bridgehead atoms. The molecule has 0 aromatic carbocycles. The van der Waals surface area contributed by atoms with Gasteiger partial charge in [-0.3, -0.25) is 0 Å². The van der Waals surface area contributed by atoms with Crippen molar-refractivity contribution in [3.63, 3.8) is 0 Å². The third-order valence-corrected chi connectivity index (χ3v) is 3.12. The average Bonchev–Trinajstić information content (AvgIpc) is 2.28. The van der Waals surface area contributed by atoms with Crippen molar-refractivity contribution >= 4 is 17.5 Å². The fourth-order valence-corrected chi connectivity index (χ4v) is 1.74. The molecular weight excluding hydrogens is 222 g/mol. The summed E-state index contributed by atoms with van der Waals surface area (Å²) in [5.74, 6) is 1.91. The van der Waals surface area contributed by atoms with Crippen LogP contribution in [0, 0.1) is 12.8 Å². The predicted octanol–water partition coefficient (Wildman–Crippen LogP) is 3.01. The molecule has 0 aliphatic rings. The highest BCUT2D eigenvalue weighted by Gasteiger charge is 2.09. The van der Waals surface area contributed by atoms with E-state index in [1.165, 1.54) is 6.42 Å². The molecular formula is C12H20ClN3. The third kappa shape index (κ3) is 3.34. The number of hydrogen-bond acceptors (Lipinski definition) is 3. The van der Waals surface area contributed by atoms with Crippen molar-refractivity contribution in [3.05, 3.63) is 17.5 Å². The minimum atomic E-state index is 0.473. The van der Waals surface area contributed by atoms with Gasteiger partial charge >= 0.3 is 0 Å². The Morgan fingerprint density at radius 3 is 2.69 bits per heavy atom. The molecule has 0 aliphatic carbocycles. The summed E-state index contributed by atoms with van der Waals surface area (Å²) < 4.78 is 0. The topological polar surface area (TPSA) is 29.0 Å². The molecule has 0 radical (unpaired) electrons. The molecule has 0 N–H and O–H groups in total. The van der Waals surface area contributed by atoms with Gasteiger partial charge in [-0.25, -0.2) is 9.97 Å². The summed E-state index contributed by atoms with van der Waals surface area (Å²) in [5.41, 5.74) is 1.97. The van der Waals surface area contributed by atoms with Crippen LogP contribution in [0.25, 0.3) is 0 Å². The van der Waals surface area contributed by atoms with Gasteiger partial charge in [0.05, 0.1) is 5.88 Å². The Morgan fingerprint density at radius 1 is 1.50 bits per heavy atom. The van der Waals surface area contributed by atoms with Crippen LogP contribution < -0.4 is 4.90 Å². The predicted molar refractivity (Wildman–Crippen MR) is 69.1 cm³/mol. The molecule has 1 rings (SSSR count). The Bertz CT molecular complexity index is 341. The molecule has 3 nitrogen and oxygen atoms in total. The molecule has 4 heteroatoms. The summed E-state index contributed by atoms with van der Waals surface area (Å²) in [4.78, 5) is 10.9. The zero-order valence-corrected chi connectivity index (χ0v) is 11.3. The summed E-state index contributed by atoms with van der Waals surface area (Å²) in [6, 6.07) is 0. The number of nitrogens with zero attached hydrogens (tertiary/aromatic N) is 3. The van der Waals surface area contributed by atoms with E-state index >= 15 is 0 Å². The van der Waals surface area contributed by atoms with Crippen LogP contribution in [0.2, 0.25) is 0 Å². The fourth-order valence-electron chi connectivity index (χ4n) is 1.47. The summed E-state index contributed by atoms with van der Waals surface area (Å²) in [6.45, 7) is 7.38. The van der Waals surface area contributed by atoms with Crippen LogP contribution >= 0.6 is 11.6 Å². The monoisotopic (exact) mass is 241 g/mol. The second-order valence-corrected chi connectivity index (χ2v) is 4.58. The zero-order chi connectivity index (χ0) is 12.1. The lowest BCUT2D eigenvalue weighted by molar-refractivity contribution is 0.554. The number of hydrogen-bond donors (Lipinski definition) is 0. The lowest BCUT2D eigenvalue weighted by atomic mass is 10.1. The highest BCUT2D eigenvalue weighted by Crippen LogP contribution is 2.13. The molecule has 0 aliphatic heterocycles. The van der Waals surface area contributed by atoms with E-state index in [-0.39, 0.29) is 0 Å². The van der Waals surface area contributed by atoms with Crippen molar-refractivity contribution in [2.45, 2.75) is 33.1 Å². The van der Waals surface area contributed by atoms with Crippen molar-refractivity contribution in [1.82, 2.24) is 9.97 Å². The van der Waals surface area contributed by atoms with E-state index in [4.69, 9.17) is 11.6 Å². The molecule has 0 amide bonds. The van der Waals surface area contributed by atoms with E-state index in [1.54, 1.807) is 0 Å². The summed E-state index contributed by atoms with van der Waals surface area (Å²) in [7, 11) is 2.03. The molecule has 90 valence electrons. The maximum absolute atomic E-state index is 5.78. The molecule has 0 fully saturated rings. The minimum Gasteiger partial charge on any atom is -0.344 e. The van der Waals surface area contributed by atoms with E-state index < -0.39 is 0 Å². The Morgan fingerprint density at radius 2 is 2.19 bits per heavy atom. The molecule has 1 heterocycles. The van der Waals surface area contributed by atoms with Gasteiger partial charge in [0, 0.05) is 31.0 Å². The molecule has 1 aromatic rings. The first-order valence-electron chi connectivity index (χ1n) is 5.68. The van der Waals surface area contributed by atoms with Gasteiger partial charge in [0.25, 0.3) is 0 Å². The molecule has 0 spiro atoms. The first kappa shape index (κ1) is 13.2. The van der Waals surface area contributed by atoms with E-state index in [0.717, 1.165) is 23.8 Å². The minimum absolute atomic E-state index is 0.473. The van der Waals surface area contributed by atoms with Crippen LogP contribution in [-0.4, -0.2) is 23.6 Å². The van der Waals surface area contributed by atoms with Gasteiger partial charge in [-0.15, -0.1) is 11.6 Å². The van der Waals surface area contributed by atoms with Crippen molar-refractivity contribution in [3.8, 4) is 0 Å². The van der Waals surface area contributed by atoms with Crippen molar-refractivity contribution in [2.75, 3.05) is 18.5 Å². The normalized spacial score (nSPS) is 12.6. The molecule has 0 saturated heterocycles. The maximum atomic E-state index is 5.78. The average molecular weight is 242 g/mol. The number of aryl methyl sites for hydroxylation is 1. The van der Waals surface area contributed by atoms with E-state index in [9.17, 15) is 0 Å². The molecule has 1 atom stereocenters. The van der Waals surface area contributed by atoms with Gasteiger partial charge in [0.1, 0.15) is 0 Å². The third-order valence-electron chi connectivity index (χ3n) is 2.84. The Kier molecular flexibility index (Phi) is 5.00. The number of alkyl halides is 1. The summed E-state index contributed by atoms with van der Waals surface area (Å²) in [6.07, 6.45) is 2.99. The van der Waals surface area contributed by atoms with Crippen LogP contribution in [-0.2, 0) is 5.88 Å². The maximum Gasteiger partial charge on any atom is 0.225 e. The van der Waals surface area contributed by atoms with Gasteiger partial charge in [0.2, 0.25) is 5.95 Å². The standard InChI is InChI=1S/C12H20ClN3/c1-5-9(2)8-16(4)12-14-7-11(6-13)10(3)15-12/h7,9H,5-6,8H2,1-4H3.